The van der Waals surface area contributed by atoms with Crippen LogP contribution in [0.3, 0.4) is 0 Å². The number of imide groups is 2. The van der Waals surface area contributed by atoms with E-state index in [1.807, 2.05) is 340 Å². The minimum Gasteiger partial charge on any atom is -0.489 e. The van der Waals surface area contributed by atoms with Crippen molar-refractivity contribution in [1.29, 1.82) is 0 Å². The molecule has 4 amide bonds. The second kappa shape index (κ2) is 42.7. The van der Waals surface area contributed by atoms with Crippen molar-refractivity contribution in [3.05, 3.63) is 464 Å². The molecule has 4 fully saturated rings. The lowest BCUT2D eigenvalue weighted by molar-refractivity contribution is -0.126. The van der Waals surface area contributed by atoms with E-state index < -0.39 is 48.1 Å². The highest BCUT2D eigenvalue weighted by Crippen LogP contribution is 2.55. The van der Waals surface area contributed by atoms with Crippen molar-refractivity contribution >= 4 is 35.0 Å². The van der Waals surface area contributed by atoms with Crippen LogP contribution in [0, 0.1) is 23.7 Å². The van der Waals surface area contributed by atoms with Crippen molar-refractivity contribution in [2.24, 2.45) is 23.7 Å². The first-order chi connectivity index (χ1) is 67.5. The van der Waals surface area contributed by atoms with Crippen LogP contribution in [0.25, 0.3) is 0 Å². The number of hydrogen-bond donors (Lipinski definition) is 0. The Bertz CT molecular complexity index is 5600. The van der Waals surface area contributed by atoms with E-state index in [1.54, 1.807) is 24.3 Å². The average Bonchev–Trinajstić information content (AvgIpc) is 1.54. The van der Waals surface area contributed by atoms with Crippen LogP contribution in [0.5, 0.6) is 46.0 Å². The number of rotatable bonds is 44. The first-order valence-corrected chi connectivity index (χ1v) is 46.4. The van der Waals surface area contributed by atoms with Crippen LogP contribution < -0.4 is 47.7 Å². The third-order valence-corrected chi connectivity index (χ3v) is 25.5. The molecule has 137 heavy (non-hydrogen) atoms. The van der Waals surface area contributed by atoms with Crippen molar-refractivity contribution in [1.82, 2.24) is 0 Å². The lowest BCUT2D eigenvalue weighted by Gasteiger charge is -2.24. The maximum Gasteiger partial charge on any atom is 0.240 e. The summed E-state index contributed by atoms with van der Waals surface area (Å²) < 4.78 is 91.5. The molecule has 20 rings (SSSR count). The quantitative estimate of drug-likeness (QED) is 0.0257. The highest BCUT2D eigenvalue weighted by atomic mass is 16.5. The number of benzene rings is 14. The number of nitrogens with zero attached hydrogens (tertiary/aromatic N) is 2. The van der Waals surface area contributed by atoms with Gasteiger partial charge in [0, 0.05) is 24.3 Å². The molecular weight excluding hydrogens is 1720 g/mol. The van der Waals surface area contributed by atoms with Crippen molar-refractivity contribution in [2.45, 2.75) is 110 Å². The van der Waals surface area contributed by atoms with Crippen LogP contribution in [0.4, 0.5) is 11.4 Å². The molecule has 20 nitrogen and oxygen atoms in total. The lowest BCUT2D eigenvalue weighted by atomic mass is 9.77. The predicted octanol–water partition coefficient (Wildman–Crippen LogP) is 21.1. The third kappa shape index (κ3) is 21.7. The van der Waals surface area contributed by atoms with E-state index in [1.165, 1.54) is 9.80 Å². The Morgan fingerprint density at radius 1 is 0.182 bits per heavy atom. The van der Waals surface area contributed by atoms with Gasteiger partial charge in [-0.25, -0.2) is 9.80 Å². The van der Waals surface area contributed by atoms with Gasteiger partial charge in [0.25, 0.3) is 0 Å². The van der Waals surface area contributed by atoms with Gasteiger partial charge < -0.3 is 66.3 Å². The molecule has 6 aliphatic heterocycles. The summed E-state index contributed by atoms with van der Waals surface area (Å²) in [6.07, 6.45) is -2.69. The number of amides is 4. The largest absolute Gasteiger partial charge is 0.489 e. The van der Waals surface area contributed by atoms with E-state index in [9.17, 15) is 0 Å². The van der Waals surface area contributed by atoms with Gasteiger partial charge in [0.05, 0.1) is 112 Å². The zero-order chi connectivity index (χ0) is 92.6. The fraction of sp³-hybridized carbons (Fsp3) is 0.214. The number of ether oxygens (including phenoxy) is 14. The van der Waals surface area contributed by atoms with Gasteiger partial charge in [0.2, 0.25) is 23.6 Å². The van der Waals surface area contributed by atoms with Crippen LogP contribution in [0.2, 0.25) is 0 Å². The summed E-state index contributed by atoms with van der Waals surface area (Å²) >= 11 is 0. The normalized spacial score (nSPS) is 18.3. The molecule has 688 valence electrons. The van der Waals surface area contributed by atoms with E-state index in [0.717, 1.165) is 100 Å². The molecule has 0 radical (unpaired) electrons. The summed E-state index contributed by atoms with van der Waals surface area (Å²) in [6, 6.07) is 118. The Morgan fingerprint density at radius 2 is 0.358 bits per heavy atom. The van der Waals surface area contributed by atoms with E-state index in [4.69, 9.17) is 66.3 Å². The Labute approximate surface area is 796 Å². The summed E-state index contributed by atoms with van der Waals surface area (Å²) in [7, 11) is 0. The maximum absolute atomic E-state index is 15.2. The van der Waals surface area contributed by atoms with Crippen molar-refractivity contribution in [2.75, 3.05) is 36.2 Å². The van der Waals surface area contributed by atoms with Gasteiger partial charge >= 0.3 is 0 Å². The summed E-state index contributed by atoms with van der Waals surface area (Å²) in [5, 5.41) is 0. The molecule has 14 aromatic carbocycles. The SMILES string of the molecule is O=C1C2C3OC(C(COCc4cc(OCc5ccccc5)cc(OCc5ccccc5)c4)=C3COCc3cc(OCc4ccccc4)cc(OCc4ccccc4)c3)C2C(=O)N1c1ccc(Cc2ccc(N3C(=O)C4C5OC(C(COCc6cc(OCc7ccccc7)cc(OCc7ccccc7)c6)=C5COCc5cc(OCc6ccccc6)cc(OCc6ccccc6)c5)C4C3=O)cc2)cc1. The van der Waals surface area contributed by atoms with E-state index in [2.05, 4.69) is 0 Å². The molecule has 0 aliphatic carbocycles. The second-order valence-electron chi connectivity index (χ2n) is 35.1. The summed E-state index contributed by atoms with van der Waals surface area (Å²) in [6.45, 7) is 3.61. The Morgan fingerprint density at radius 3 is 0.533 bits per heavy atom. The molecule has 8 unspecified atom stereocenters. The molecule has 8 atom stereocenters. The molecule has 0 aromatic heterocycles. The average molecular weight is 1820 g/mol. The smallest absolute Gasteiger partial charge is 0.240 e. The van der Waals surface area contributed by atoms with Gasteiger partial charge in [-0.1, -0.05) is 267 Å². The number of carbonyl (C=O) groups excluding carboxylic acids is 4. The fourth-order valence-electron chi connectivity index (χ4n) is 18.8. The van der Waals surface area contributed by atoms with Gasteiger partial charge in [-0.05, 0) is 179 Å². The van der Waals surface area contributed by atoms with Crippen LogP contribution >= 0.6 is 0 Å². The lowest BCUT2D eigenvalue weighted by Crippen LogP contribution is -2.35. The Balaban J connectivity index is 0.523. The molecule has 4 bridgehead atoms. The number of anilines is 2. The Kier molecular flexibility index (Phi) is 28.0. The first-order valence-electron chi connectivity index (χ1n) is 46.4. The molecule has 0 saturated carbocycles. The van der Waals surface area contributed by atoms with Gasteiger partial charge in [-0.15, -0.1) is 0 Å². The van der Waals surface area contributed by atoms with E-state index >= 15 is 19.2 Å². The minimum atomic E-state index is -0.831. The highest BCUT2D eigenvalue weighted by Gasteiger charge is 2.67. The molecule has 6 heterocycles. The van der Waals surface area contributed by atoms with Crippen molar-refractivity contribution in [3.63, 3.8) is 0 Å². The molecular formula is C117H102N2O18. The van der Waals surface area contributed by atoms with Crippen LogP contribution in [0.15, 0.2) is 386 Å². The standard InChI is InChI=1S/C117H102N2O18/c120-114-106-107(111-103(75-125-63-89-52-96(130-68-82-29-13-3-14-30-82)59-97(53-89)131-69-83-31-15-4-16-32-83)102(110(106)136-111)74-124-62-88-50-94(128-66-80-25-9-1-10-26-80)58-95(51-88)129-67-81-27-11-2-12-28-81)115(121)118(114)92-45-41-78(42-46-92)49-79-43-47-93(48-44-79)119-116(122)108-109(117(119)123)113-105(77-127-65-91-56-100(134-72-86-37-21-7-22-38-86)61-101(57-91)135-73-87-39-23-8-24-40-87)104(112(108)137-113)76-126-64-90-54-98(132-70-84-33-17-5-18-34-84)60-99(55-90)133-71-85-35-19-6-20-36-85/h1-48,50-61,106-113H,49,62-77H2. The molecule has 0 spiro atoms. The molecule has 4 saturated heterocycles. The zero-order valence-electron chi connectivity index (χ0n) is 75.5. The maximum atomic E-state index is 15.2. The minimum absolute atomic E-state index is 0.0710. The molecule has 14 aromatic rings. The van der Waals surface area contributed by atoms with Crippen LogP contribution in [-0.4, -0.2) is 74.5 Å². The molecule has 6 aliphatic rings. The summed E-state index contributed by atoms with van der Waals surface area (Å²) in [4.78, 5) is 63.4. The second-order valence-corrected chi connectivity index (χ2v) is 35.1. The Hall–Kier alpha value is -15.0. The molecule has 0 N–H and O–H groups in total. The van der Waals surface area contributed by atoms with E-state index in [-0.39, 0.29) is 76.5 Å². The molecule has 20 heteroatoms. The van der Waals surface area contributed by atoms with Crippen molar-refractivity contribution in [3.8, 4) is 46.0 Å². The first kappa shape index (κ1) is 89.8. The van der Waals surface area contributed by atoms with Gasteiger partial charge in [-0.2, -0.15) is 0 Å². The third-order valence-electron chi connectivity index (χ3n) is 25.5. The predicted molar refractivity (Wildman–Crippen MR) is 517 cm³/mol. The highest BCUT2D eigenvalue weighted by molar-refractivity contribution is 6.24. The van der Waals surface area contributed by atoms with Crippen LogP contribution in [0.1, 0.15) is 77.9 Å². The number of fused-ring (bicyclic) bond motifs is 10. The van der Waals surface area contributed by atoms with Crippen LogP contribution in [-0.2, 0) is 133 Å². The monoisotopic (exact) mass is 1820 g/mol. The zero-order valence-corrected chi connectivity index (χ0v) is 75.5. The van der Waals surface area contributed by atoms with E-state index in [0.29, 0.717) is 117 Å². The number of carbonyl (C=O) groups is 4. The van der Waals surface area contributed by atoms with Gasteiger partial charge in [-0.3, -0.25) is 19.2 Å². The topological polar surface area (TPSA) is 204 Å². The summed E-state index contributed by atoms with van der Waals surface area (Å²) in [5.41, 5.74) is 16.9. The number of hydrogen-bond acceptors (Lipinski definition) is 18. The van der Waals surface area contributed by atoms with Gasteiger partial charge in [0.1, 0.15) is 98.9 Å². The summed E-state index contributed by atoms with van der Waals surface area (Å²) in [5.74, 6) is 0.0898. The van der Waals surface area contributed by atoms with Crippen molar-refractivity contribution < 1.29 is 85.5 Å². The van der Waals surface area contributed by atoms with Gasteiger partial charge in [0.15, 0.2) is 0 Å². The fourth-order valence-corrected chi connectivity index (χ4v) is 18.8.